The van der Waals surface area contributed by atoms with Crippen LogP contribution in [-0.4, -0.2) is 25.0 Å². The molecular weight excluding hydrogens is 286 g/mol. The lowest BCUT2D eigenvalue weighted by atomic mass is 10.1. The average molecular weight is 299 g/mol. The lowest BCUT2D eigenvalue weighted by molar-refractivity contribution is -0.385. The number of hydrogen-bond acceptors (Lipinski definition) is 6. The first-order chi connectivity index (χ1) is 10.6. The maximum atomic E-state index is 11.2. The van der Waals surface area contributed by atoms with Crippen LogP contribution in [0, 0.1) is 10.1 Å². The Bertz CT molecular complexity index is 731. The molecule has 0 amide bonds. The zero-order valence-electron chi connectivity index (χ0n) is 11.8. The standard InChI is InChI=1S/C15H13N3O4/c1-17(12-5-3-2-4-6-12)16-9-11-7-14-15(22-10-21-14)8-13(11)18(19)20/h2-9H,10H2,1H3/b16-9-. The van der Waals surface area contributed by atoms with E-state index < -0.39 is 4.92 Å². The van der Waals surface area contributed by atoms with Gasteiger partial charge in [0, 0.05) is 7.05 Å². The van der Waals surface area contributed by atoms with Gasteiger partial charge in [-0.3, -0.25) is 15.1 Å². The van der Waals surface area contributed by atoms with Crippen LogP contribution in [-0.2, 0) is 0 Å². The van der Waals surface area contributed by atoms with Crippen molar-refractivity contribution in [2.45, 2.75) is 0 Å². The van der Waals surface area contributed by atoms with E-state index in [2.05, 4.69) is 5.10 Å². The number of nitro benzene ring substituents is 1. The zero-order chi connectivity index (χ0) is 15.5. The van der Waals surface area contributed by atoms with Crippen LogP contribution in [0.2, 0.25) is 0 Å². The van der Waals surface area contributed by atoms with Gasteiger partial charge in [-0.05, 0) is 18.2 Å². The molecule has 7 nitrogen and oxygen atoms in total. The maximum Gasteiger partial charge on any atom is 0.282 e. The fraction of sp³-hybridized carbons (Fsp3) is 0.133. The minimum absolute atomic E-state index is 0.0665. The molecule has 7 heteroatoms. The Labute approximate surface area is 126 Å². The molecule has 0 bridgehead atoms. The molecular formula is C15H13N3O4. The predicted octanol–water partition coefficient (Wildman–Crippen LogP) is 2.79. The number of fused-ring (bicyclic) bond motifs is 1. The normalized spacial score (nSPS) is 12.6. The van der Waals surface area contributed by atoms with Crippen LogP contribution in [0.3, 0.4) is 0 Å². The quantitative estimate of drug-likeness (QED) is 0.493. The van der Waals surface area contributed by atoms with Crippen molar-refractivity contribution in [3.63, 3.8) is 0 Å². The minimum atomic E-state index is -0.466. The number of para-hydroxylation sites is 1. The van der Waals surface area contributed by atoms with Crippen molar-refractivity contribution in [2.75, 3.05) is 18.8 Å². The Hall–Kier alpha value is -3.09. The van der Waals surface area contributed by atoms with Crippen LogP contribution in [0.1, 0.15) is 5.56 Å². The van der Waals surface area contributed by atoms with Gasteiger partial charge in [-0.15, -0.1) is 0 Å². The second-order valence-electron chi connectivity index (χ2n) is 4.63. The lowest BCUT2D eigenvalue weighted by Gasteiger charge is -2.12. The van der Waals surface area contributed by atoms with E-state index in [0.29, 0.717) is 17.1 Å². The number of hydrogen-bond donors (Lipinski definition) is 0. The Morgan fingerprint density at radius 1 is 1.23 bits per heavy atom. The summed E-state index contributed by atoms with van der Waals surface area (Å²) in [5.41, 5.74) is 1.16. The van der Waals surface area contributed by atoms with Gasteiger partial charge in [0.2, 0.25) is 6.79 Å². The van der Waals surface area contributed by atoms with Crippen LogP contribution in [0.4, 0.5) is 11.4 Å². The molecule has 0 spiro atoms. The summed E-state index contributed by atoms with van der Waals surface area (Å²) in [7, 11) is 1.77. The third kappa shape index (κ3) is 2.69. The van der Waals surface area contributed by atoms with Crippen molar-refractivity contribution in [3.8, 4) is 11.5 Å². The summed E-state index contributed by atoms with van der Waals surface area (Å²) >= 11 is 0. The molecule has 0 N–H and O–H groups in total. The van der Waals surface area contributed by atoms with E-state index in [1.165, 1.54) is 12.3 Å². The smallest absolute Gasteiger partial charge is 0.282 e. The van der Waals surface area contributed by atoms with Crippen molar-refractivity contribution in [3.05, 3.63) is 58.1 Å². The largest absolute Gasteiger partial charge is 0.454 e. The van der Waals surface area contributed by atoms with E-state index in [9.17, 15) is 10.1 Å². The van der Waals surface area contributed by atoms with Crippen LogP contribution in [0.5, 0.6) is 11.5 Å². The molecule has 1 heterocycles. The fourth-order valence-corrected chi connectivity index (χ4v) is 2.07. The molecule has 0 unspecified atom stereocenters. The highest BCUT2D eigenvalue weighted by Gasteiger charge is 2.22. The van der Waals surface area contributed by atoms with Gasteiger partial charge < -0.3 is 9.47 Å². The molecule has 112 valence electrons. The van der Waals surface area contributed by atoms with Gasteiger partial charge in [-0.1, -0.05) is 18.2 Å². The first kappa shape index (κ1) is 13.9. The summed E-state index contributed by atoms with van der Waals surface area (Å²) in [6.45, 7) is 0.0665. The van der Waals surface area contributed by atoms with Gasteiger partial charge in [-0.2, -0.15) is 5.10 Å². The minimum Gasteiger partial charge on any atom is -0.454 e. The summed E-state index contributed by atoms with van der Waals surface area (Å²) in [5.74, 6) is 0.856. The van der Waals surface area contributed by atoms with Crippen LogP contribution < -0.4 is 14.5 Å². The summed E-state index contributed by atoms with van der Waals surface area (Å²) in [4.78, 5) is 10.7. The fourth-order valence-electron chi connectivity index (χ4n) is 2.07. The number of benzene rings is 2. The number of nitro groups is 1. The third-order valence-corrected chi connectivity index (χ3v) is 3.22. The molecule has 0 atom stereocenters. The summed E-state index contributed by atoms with van der Waals surface area (Å²) in [6, 6.07) is 12.4. The first-order valence-corrected chi connectivity index (χ1v) is 6.56. The second-order valence-corrected chi connectivity index (χ2v) is 4.63. The molecule has 3 rings (SSSR count). The Morgan fingerprint density at radius 2 is 1.91 bits per heavy atom. The summed E-state index contributed by atoms with van der Waals surface area (Å²) in [6.07, 6.45) is 1.44. The van der Waals surface area contributed by atoms with Gasteiger partial charge in [0.25, 0.3) is 5.69 Å². The van der Waals surface area contributed by atoms with E-state index in [1.807, 2.05) is 30.3 Å². The van der Waals surface area contributed by atoms with E-state index in [-0.39, 0.29) is 12.5 Å². The molecule has 0 fully saturated rings. The molecule has 0 radical (unpaired) electrons. The Morgan fingerprint density at radius 3 is 2.59 bits per heavy atom. The van der Waals surface area contributed by atoms with Gasteiger partial charge in [-0.25, -0.2) is 0 Å². The molecule has 0 aliphatic carbocycles. The topological polar surface area (TPSA) is 77.2 Å². The number of nitrogens with zero attached hydrogens (tertiary/aromatic N) is 3. The lowest BCUT2D eigenvalue weighted by Crippen LogP contribution is -2.09. The molecule has 2 aromatic rings. The van der Waals surface area contributed by atoms with Gasteiger partial charge in [0.05, 0.1) is 28.5 Å². The van der Waals surface area contributed by atoms with E-state index in [0.717, 1.165) is 5.69 Å². The second kappa shape index (κ2) is 5.72. The average Bonchev–Trinajstić information content (AvgIpc) is 2.99. The summed E-state index contributed by atoms with van der Waals surface area (Å²) < 4.78 is 10.4. The van der Waals surface area contributed by atoms with Crippen LogP contribution in [0.25, 0.3) is 0 Å². The maximum absolute atomic E-state index is 11.2. The monoisotopic (exact) mass is 299 g/mol. The van der Waals surface area contributed by atoms with E-state index >= 15 is 0 Å². The number of hydrazone groups is 1. The molecule has 0 saturated heterocycles. The molecule has 22 heavy (non-hydrogen) atoms. The highest BCUT2D eigenvalue weighted by atomic mass is 16.7. The molecule has 1 aliphatic rings. The highest BCUT2D eigenvalue weighted by Crippen LogP contribution is 2.37. The summed E-state index contributed by atoms with van der Waals surface area (Å²) in [5, 5.41) is 17.0. The van der Waals surface area contributed by atoms with Crippen LogP contribution in [0.15, 0.2) is 47.6 Å². The molecule has 0 aromatic heterocycles. The van der Waals surface area contributed by atoms with Crippen LogP contribution >= 0.6 is 0 Å². The Balaban J connectivity index is 1.91. The molecule has 1 aliphatic heterocycles. The van der Waals surface area contributed by atoms with E-state index in [4.69, 9.17) is 9.47 Å². The van der Waals surface area contributed by atoms with Crippen molar-refractivity contribution in [2.24, 2.45) is 5.10 Å². The van der Waals surface area contributed by atoms with Crippen molar-refractivity contribution in [1.29, 1.82) is 0 Å². The SMILES string of the molecule is CN(/N=C\c1cc2c(cc1[N+](=O)[O-])OCO2)c1ccccc1. The number of rotatable bonds is 4. The number of ether oxygens (including phenoxy) is 2. The highest BCUT2D eigenvalue weighted by molar-refractivity contribution is 5.87. The third-order valence-electron chi connectivity index (χ3n) is 3.22. The van der Waals surface area contributed by atoms with E-state index in [1.54, 1.807) is 18.1 Å². The van der Waals surface area contributed by atoms with Crippen molar-refractivity contribution < 1.29 is 14.4 Å². The molecule has 2 aromatic carbocycles. The van der Waals surface area contributed by atoms with Crippen molar-refractivity contribution in [1.82, 2.24) is 0 Å². The first-order valence-electron chi connectivity index (χ1n) is 6.56. The van der Waals surface area contributed by atoms with Gasteiger partial charge >= 0.3 is 0 Å². The Kier molecular flexibility index (Phi) is 3.61. The zero-order valence-corrected chi connectivity index (χ0v) is 11.8. The van der Waals surface area contributed by atoms with Gasteiger partial charge in [0.15, 0.2) is 11.5 Å². The van der Waals surface area contributed by atoms with Gasteiger partial charge in [0.1, 0.15) is 0 Å². The predicted molar refractivity (Wildman–Crippen MR) is 81.7 cm³/mol. The number of anilines is 1. The molecule has 0 saturated carbocycles. The van der Waals surface area contributed by atoms with Crippen molar-refractivity contribution >= 4 is 17.6 Å².